The molecule has 0 saturated carbocycles. The third-order valence-electron chi connectivity index (χ3n) is 7.11. The molecular formula is C32H23N. The van der Waals surface area contributed by atoms with E-state index in [-0.39, 0.29) is 0 Å². The van der Waals surface area contributed by atoms with Crippen LogP contribution in [-0.4, -0.2) is 4.98 Å². The second-order valence-electron chi connectivity index (χ2n) is 9.37. The highest BCUT2D eigenvalue weighted by atomic mass is 14.7. The van der Waals surface area contributed by atoms with E-state index in [1.807, 2.05) is 0 Å². The van der Waals surface area contributed by atoms with Gasteiger partial charge >= 0.3 is 0 Å². The summed E-state index contributed by atoms with van der Waals surface area (Å²) in [4.78, 5) is 5.25. The van der Waals surface area contributed by atoms with E-state index in [1.165, 1.54) is 64.9 Å². The van der Waals surface area contributed by atoms with Crippen LogP contribution in [0.4, 0.5) is 0 Å². The van der Waals surface area contributed by atoms with Crippen molar-refractivity contribution in [2.75, 3.05) is 0 Å². The fraction of sp³-hybridized carbons (Fsp3) is 0.0938. The van der Waals surface area contributed by atoms with Crippen molar-refractivity contribution in [3.8, 4) is 0 Å². The molecule has 0 fully saturated rings. The van der Waals surface area contributed by atoms with E-state index >= 15 is 0 Å². The smallest absolute Gasteiger partial charge is 0.0718 e. The minimum Gasteiger partial charge on any atom is -0.252 e. The Hall–Kier alpha value is -3.97. The van der Waals surface area contributed by atoms with Crippen LogP contribution < -0.4 is 0 Å². The third-order valence-corrected chi connectivity index (χ3v) is 7.11. The van der Waals surface area contributed by atoms with Gasteiger partial charge in [-0.3, -0.25) is 4.98 Å². The molecule has 33 heavy (non-hydrogen) atoms. The molecule has 1 heteroatoms. The SMILES string of the molecule is CC(C)c1nc2ccc3ccc4ccccc4c3c2c2c1ccc1ccc3ccccc3c12. The fourth-order valence-electron chi connectivity index (χ4n) is 5.63. The molecule has 0 N–H and O–H groups in total. The van der Waals surface area contributed by atoms with Crippen molar-refractivity contribution in [2.45, 2.75) is 19.8 Å². The van der Waals surface area contributed by atoms with Gasteiger partial charge in [-0.15, -0.1) is 0 Å². The summed E-state index contributed by atoms with van der Waals surface area (Å²) in [5, 5.41) is 14.2. The number of fused-ring (bicyclic) bond motifs is 11. The minimum atomic E-state index is 0.340. The van der Waals surface area contributed by atoms with E-state index < -0.39 is 0 Å². The van der Waals surface area contributed by atoms with Crippen molar-refractivity contribution in [1.82, 2.24) is 4.98 Å². The van der Waals surface area contributed by atoms with Crippen LogP contribution in [0.5, 0.6) is 0 Å². The Bertz CT molecular complexity index is 1890. The van der Waals surface area contributed by atoms with Gasteiger partial charge in [0.25, 0.3) is 0 Å². The zero-order chi connectivity index (χ0) is 22.1. The summed E-state index contributed by atoms with van der Waals surface area (Å²) in [5.74, 6) is 0.340. The molecule has 0 aliphatic heterocycles. The Morgan fingerprint density at radius 1 is 0.455 bits per heavy atom. The zero-order valence-electron chi connectivity index (χ0n) is 18.8. The third kappa shape index (κ3) is 2.57. The molecule has 0 aliphatic carbocycles. The summed E-state index contributed by atoms with van der Waals surface area (Å²) in [5.41, 5.74) is 2.25. The first-order valence-corrected chi connectivity index (χ1v) is 11.7. The van der Waals surface area contributed by atoms with Crippen LogP contribution in [0.15, 0.2) is 97.1 Å². The molecule has 0 amide bonds. The maximum absolute atomic E-state index is 5.25. The number of nitrogens with zero attached hydrogens (tertiary/aromatic N) is 1. The average molecular weight is 422 g/mol. The summed E-state index contributed by atoms with van der Waals surface area (Å²) >= 11 is 0. The highest BCUT2D eigenvalue weighted by molar-refractivity contribution is 6.34. The lowest BCUT2D eigenvalue weighted by Crippen LogP contribution is -1.97. The van der Waals surface area contributed by atoms with E-state index in [0.29, 0.717) is 5.92 Å². The molecular weight excluding hydrogens is 398 g/mol. The quantitative estimate of drug-likeness (QED) is 0.241. The molecule has 0 spiro atoms. The van der Waals surface area contributed by atoms with Crippen molar-refractivity contribution < 1.29 is 0 Å². The van der Waals surface area contributed by atoms with E-state index in [9.17, 15) is 0 Å². The highest BCUT2D eigenvalue weighted by Gasteiger charge is 2.18. The highest BCUT2D eigenvalue weighted by Crippen LogP contribution is 2.42. The molecule has 0 radical (unpaired) electrons. The second kappa shape index (κ2) is 6.76. The number of hydrogen-bond acceptors (Lipinski definition) is 1. The van der Waals surface area contributed by atoms with Crippen LogP contribution in [0, 0.1) is 0 Å². The maximum atomic E-state index is 5.25. The molecule has 0 atom stereocenters. The monoisotopic (exact) mass is 421 g/mol. The summed E-state index contributed by atoms with van der Waals surface area (Å²) < 4.78 is 0. The predicted octanol–water partition coefficient (Wildman–Crippen LogP) is 9.12. The molecule has 7 aromatic rings. The van der Waals surface area contributed by atoms with Crippen LogP contribution in [0.25, 0.3) is 64.8 Å². The van der Waals surface area contributed by atoms with Crippen LogP contribution in [0.1, 0.15) is 25.5 Å². The number of aromatic nitrogens is 1. The minimum absolute atomic E-state index is 0.340. The van der Waals surface area contributed by atoms with E-state index in [4.69, 9.17) is 4.98 Å². The van der Waals surface area contributed by atoms with Crippen molar-refractivity contribution in [3.05, 3.63) is 103 Å². The lowest BCUT2D eigenvalue weighted by atomic mass is 9.89. The number of benzene rings is 6. The van der Waals surface area contributed by atoms with Gasteiger partial charge < -0.3 is 0 Å². The Balaban J connectivity index is 1.90. The van der Waals surface area contributed by atoms with Gasteiger partial charge in [-0.05, 0) is 55.1 Å². The maximum Gasteiger partial charge on any atom is 0.0718 e. The number of rotatable bonds is 1. The van der Waals surface area contributed by atoms with Gasteiger partial charge in [0, 0.05) is 16.2 Å². The van der Waals surface area contributed by atoms with E-state index in [0.717, 1.165) is 5.52 Å². The molecule has 0 unspecified atom stereocenters. The lowest BCUT2D eigenvalue weighted by Gasteiger charge is -2.17. The van der Waals surface area contributed by atoms with Gasteiger partial charge in [-0.25, -0.2) is 0 Å². The van der Waals surface area contributed by atoms with Gasteiger partial charge in [0.05, 0.1) is 11.2 Å². The Morgan fingerprint density at radius 3 is 1.61 bits per heavy atom. The number of pyridine rings is 1. The van der Waals surface area contributed by atoms with Crippen LogP contribution in [0.2, 0.25) is 0 Å². The van der Waals surface area contributed by atoms with Gasteiger partial charge in [0.15, 0.2) is 0 Å². The van der Waals surface area contributed by atoms with Gasteiger partial charge in [0.1, 0.15) is 0 Å². The van der Waals surface area contributed by atoms with Crippen LogP contribution in [-0.2, 0) is 0 Å². The molecule has 1 heterocycles. The van der Waals surface area contributed by atoms with E-state index in [1.54, 1.807) is 0 Å². The Kier molecular flexibility index (Phi) is 3.81. The van der Waals surface area contributed by atoms with Crippen LogP contribution >= 0.6 is 0 Å². The first kappa shape index (κ1) is 18.6. The Labute approximate surface area is 192 Å². The number of hydrogen-bond donors (Lipinski definition) is 0. The van der Waals surface area contributed by atoms with Gasteiger partial charge in [-0.2, -0.15) is 0 Å². The second-order valence-corrected chi connectivity index (χ2v) is 9.37. The molecule has 0 saturated heterocycles. The average Bonchev–Trinajstić information content (AvgIpc) is 2.86. The van der Waals surface area contributed by atoms with Gasteiger partial charge in [-0.1, -0.05) is 105 Å². The summed E-state index contributed by atoms with van der Waals surface area (Å²) in [7, 11) is 0. The summed E-state index contributed by atoms with van der Waals surface area (Å²) in [6.07, 6.45) is 0. The van der Waals surface area contributed by atoms with Crippen molar-refractivity contribution in [3.63, 3.8) is 0 Å². The summed E-state index contributed by atoms with van der Waals surface area (Å²) in [6, 6.07) is 35.5. The molecule has 156 valence electrons. The molecule has 0 aliphatic rings. The molecule has 1 nitrogen and oxygen atoms in total. The topological polar surface area (TPSA) is 12.9 Å². The largest absolute Gasteiger partial charge is 0.252 e. The molecule has 7 rings (SSSR count). The summed E-state index contributed by atoms with van der Waals surface area (Å²) in [6.45, 7) is 4.49. The van der Waals surface area contributed by atoms with E-state index in [2.05, 4.69) is 111 Å². The first-order valence-electron chi connectivity index (χ1n) is 11.7. The Morgan fingerprint density at radius 2 is 0.970 bits per heavy atom. The molecule has 0 bridgehead atoms. The van der Waals surface area contributed by atoms with Gasteiger partial charge in [0.2, 0.25) is 0 Å². The normalized spacial score (nSPS) is 12.2. The fourth-order valence-corrected chi connectivity index (χ4v) is 5.63. The molecule has 6 aromatic carbocycles. The van der Waals surface area contributed by atoms with Crippen molar-refractivity contribution in [1.29, 1.82) is 0 Å². The van der Waals surface area contributed by atoms with Crippen molar-refractivity contribution >= 4 is 64.8 Å². The molecule has 1 aromatic heterocycles. The zero-order valence-corrected chi connectivity index (χ0v) is 18.8. The lowest BCUT2D eigenvalue weighted by molar-refractivity contribution is 0.841. The predicted molar refractivity (Wildman–Crippen MR) is 143 cm³/mol. The van der Waals surface area contributed by atoms with Crippen LogP contribution in [0.3, 0.4) is 0 Å². The first-order chi connectivity index (χ1) is 16.2. The standard InChI is InChI=1S/C32H23N/c1-19(2)32-26-17-15-22-13-11-20-7-3-5-9-24(20)28(22)30(26)31-27(33-32)18-16-23-14-12-21-8-4-6-10-25(21)29(23)31/h3-19H,1-2H3. The van der Waals surface area contributed by atoms with Crippen molar-refractivity contribution in [2.24, 2.45) is 0 Å².